The molecule has 11 heteroatoms. The molecule has 33 heavy (non-hydrogen) atoms. The maximum Gasteiger partial charge on any atom is 0.277 e. The third-order valence-electron chi connectivity index (χ3n) is 5.25. The summed E-state index contributed by atoms with van der Waals surface area (Å²) in [5.41, 5.74) is 0.858. The molecule has 0 spiro atoms. The second-order valence-corrected chi connectivity index (χ2v) is 11.3. The molecular formula is C22H21Cl2N3O4S2. The number of carbonyl (C=O) groups is 1. The minimum Gasteiger partial charge on any atom is -0.411 e. The summed E-state index contributed by atoms with van der Waals surface area (Å²) in [5, 5.41) is 8.91. The lowest BCUT2D eigenvalue weighted by molar-refractivity contribution is 0.102. The van der Waals surface area contributed by atoms with Gasteiger partial charge in [-0.2, -0.15) is 4.31 Å². The van der Waals surface area contributed by atoms with E-state index in [2.05, 4.69) is 10.2 Å². The fraction of sp³-hybridized carbons (Fsp3) is 0.318. The molecule has 0 saturated carbocycles. The number of aromatic nitrogens is 2. The van der Waals surface area contributed by atoms with Crippen molar-refractivity contribution in [3.63, 3.8) is 0 Å². The van der Waals surface area contributed by atoms with Gasteiger partial charge in [-0.15, -0.1) is 10.2 Å². The van der Waals surface area contributed by atoms with Gasteiger partial charge in [0.1, 0.15) is 0 Å². The van der Waals surface area contributed by atoms with Gasteiger partial charge in [0.25, 0.3) is 5.22 Å². The maximum atomic E-state index is 13.1. The van der Waals surface area contributed by atoms with Crippen LogP contribution in [0, 0.1) is 0 Å². The zero-order valence-corrected chi connectivity index (χ0v) is 20.7. The molecule has 1 fully saturated rings. The van der Waals surface area contributed by atoms with Crippen LogP contribution in [0.25, 0.3) is 11.5 Å². The Kier molecular flexibility index (Phi) is 7.76. The second-order valence-electron chi connectivity index (χ2n) is 7.56. The van der Waals surface area contributed by atoms with Crippen molar-refractivity contribution in [2.45, 2.75) is 35.8 Å². The lowest BCUT2D eigenvalue weighted by Crippen LogP contribution is -2.31. The summed E-state index contributed by atoms with van der Waals surface area (Å²) in [5.74, 6) is 0.0289. The van der Waals surface area contributed by atoms with E-state index in [1.54, 1.807) is 40.7 Å². The molecule has 1 aromatic heterocycles. The van der Waals surface area contributed by atoms with E-state index in [9.17, 15) is 13.2 Å². The first-order valence-electron chi connectivity index (χ1n) is 10.4. The van der Waals surface area contributed by atoms with Crippen molar-refractivity contribution in [1.82, 2.24) is 14.5 Å². The Morgan fingerprint density at radius 3 is 2.52 bits per heavy atom. The first kappa shape index (κ1) is 24.2. The van der Waals surface area contributed by atoms with Crippen LogP contribution in [-0.4, -0.2) is 47.5 Å². The SMILES string of the molecule is O=C(CSc1nnc(-c2cccc(S(=O)(=O)N3CCCCCC3)c2)o1)c1ccc(Cl)cc1Cl. The standard InChI is InChI=1S/C22H21Cl2N3O4S2/c23-16-8-9-18(19(24)13-16)20(28)14-32-22-26-25-21(31-22)15-6-5-7-17(12-15)33(29,30)27-10-3-1-2-4-11-27/h5-9,12-13H,1-4,10-11,14H2. The molecule has 0 bridgehead atoms. The van der Waals surface area contributed by atoms with Crippen LogP contribution < -0.4 is 0 Å². The van der Waals surface area contributed by atoms with E-state index in [0.29, 0.717) is 29.2 Å². The van der Waals surface area contributed by atoms with Crippen LogP contribution in [-0.2, 0) is 10.0 Å². The normalized spacial score (nSPS) is 15.3. The molecule has 2 aromatic carbocycles. The zero-order valence-electron chi connectivity index (χ0n) is 17.5. The van der Waals surface area contributed by atoms with Gasteiger partial charge >= 0.3 is 0 Å². The van der Waals surface area contributed by atoms with E-state index in [4.69, 9.17) is 27.6 Å². The first-order chi connectivity index (χ1) is 15.8. The minimum atomic E-state index is -3.60. The Balaban J connectivity index is 1.47. The van der Waals surface area contributed by atoms with Crippen LogP contribution in [0.3, 0.4) is 0 Å². The summed E-state index contributed by atoms with van der Waals surface area (Å²) in [4.78, 5) is 12.6. The number of benzene rings is 2. The molecule has 0 aliphatic carbocycles. The van der Waals surface area contributed by atoms with Crippen molar-refractivity contribution in [2.24, 2.45) is 0 Å². The highest BCUT2D eigenvalue weighted by Crippen LogP contribution is 2.28. The molecule has 1 saturated heterocycles. The maximum absolute atomic E-state index is 13.1. The van der Waals surface area contributed by atoms with E-state index in [0.717, 1.165) is 37.4 Å². The van der Waals surface area contributed by atoms with Crippen molar-refractivity contribution in [3.8, 4) is 11.5 Å². The molecule has 7 nitrogen and oxygen atoms in total. The van der Waals surface area contributed by atoms with Gasteiger partial charge in [-0.3, -0.25) is 4.79 Å². The van der Waals surface area contributed by atoms with Gasteiger partial charge in [-0.05, 0) is 49.2 Å². The number of carbonyl (C=O) groups excluding carboxylic acids is 1. The lowest BCUT2D eigenvalue weighted by atomic mass is 10.1. The van der Waals surface area contributed by atoms with E-state index in [-0.39, 0.29) is 32.6 Å². The number of nitrogens with zero attached hydrogens (tertiary/aromatic N) is 3. The monoisotopic (exact) mass is 525 g/mol. The molecule has 0 amide bonds. The third kappa shape index (κ3) is 5.78. The topological polar surface area (TPSA) is 93.4 Å². The molecule has 1 aliphatic rings. The molecule has 2 heterocycles. The average molecular weight is 526 g/mol. The fourth-order valence-corrected chi connectivity index (χ4v) is 6.25. The first-order valence-corrected chi connectivity index (χ1v) is 13.6. The predicted molar refractivity (Wildman–Crippen MR) is 128 cm³/mol. The van der Waals surface area contributed by atoms with Crippen LogP contribution in [0.4, 0.5) is 0 Å². The van der Waals surface area contributed by atoms with E-state index < -0.39 is 10.0 Å². The number of sulfonamides is 1. The predicted octanol–water partition coefficient (Wildman–Crippen LogP) is 5.58. The van der Waals surface area contributed by atoms with Gasteiger partial charge in [0.15, 0.2) is 5.78 Å². The molecule has 0 unspecified atom stereocenters. The molecule has 4 rings (SSSR count). The molecule has 0 atom stereocenters. The summed E-state index contributed by atoms with van der Waals surface area (Å²) in [7, 11) is -3.60. The summed E-state index contributed by atoms with van der Waals surface area (Å²) in [6.45, 7) is 1.05. The van der Waals surface area contributed by atoms with Gasteiger partial charge in [-0.25, -0.2) is 8.42 Å². The Morgan fingerprint density at radius 2 is 1.79 bits per heavy atom. The summed E-state index contributed by atoms with van der Waals surface area (Å²) in [6, 6.07) is 11.2. The van der Waals surface area contributed by atoms with Gasteiger partial charge in [0.2, 0.25) is 15.9 Å². The quantitative estimate of drug-likeness (QED) is 0.293. The number of hydrogen-bond donors (Lipinski definition) is 0. The van der Waals surface area contributed by atoms with Crippen LogP contribution in [0.15, 0.2) is 57.0 Å². The largest absolute Gasteiger partial charge is 0.411 e. The highest BCUT2D eigenvalue weighted by atomic mass is 35.5. The lowest BCUT2D eigenvalue weighted by Gasteiger charge is -2.20. The Labute approximate surface area is 206 Å². The molecule has 1 aliphatic heterocycles. The molecule has 3 aromatic rings. The molecular weight excluding hydrogens is 505 g/mol. The average Bonchev–Trinajstić information content (AvgIpc) is 3.10. The van der Waals surface area contributed by atoms with Gasteiger partial charge < -0.3 is 4.42 Å². The van der Waals surface area contributed by atoms with Crippen LogP contribution in [0.2, 0.25) is 10.0 Å². The van der Waals surface area contributed by atoms with Crippen LogP contribution >= 0.6 is 35.0 Å². The summed E-state index contributed by atoms with van der Waals surface area (Å²) in [6.07, 6.45) is 3.81. The highest BCUT2D eigenvalue weighted by molar-refractivity contribution is 7.99. The number of hydrogen-bond acceptors (Lipinski definition) is 7. The van der Waals surface area contributed by atoms with Crippen molar-refractivity contribution < 1.29 is 17.6 Å². The van der Waals surface area contributed by atoms with Crippen molar-refractivity contribution in [2.75, 3.05) is 18.8 Å². The minimum absolute atomic E-state index is 0.0480. The van der Waals surface area contributed by atoms with Crippen molar-refractivity contribution >= 4 is 50.8 Å². The molecule has 174 valence electrons. The van der Waals surface area contributed by atoms with Crippen molar-refractivity contribution in [1.29, 1.82) is 0 Å². The smallest absolute Gasteiger partial charge is 0.277 e. The van der Waals surface area contributed by atoms with Crippen molar-refractivity contribution in [3.05, 3.63) is 58.1 Å². The van der Waals surface area contributed by atoms with Gasteiger partial charge in [0, 0.05) is 29.2 Å². The van der Waals surface area contributed by atoms with Crippen LogP contribution in [0.5, 0.6) is 0 Å². The van der Waals surface area contributed by atoms with E-state index >= 15 is 0 Å². The number of halogens is 2. The zero-order chi connectivity index (χ0) is 23.4. The van der Waals surface area contributed by atoms with Gasteiger partial charge in [0.05, 0.1) is 15.7 Å². The number of rotatable bonds is 7. The van der Waals surface area contributed by atoms with Crippen LogP contribution in [0.1, 0.15) is 36.0 Å². The highest BCUT2D eigenvalue weighted by Gasteiger charge is 2.26. The Bertz CT molecular complexity index is 1260. The fourth-order valence-electron chi connectivity index (χ4n) is 3.53. The number of ketones is 1. The molecule has 0 N–H and O–H groups in total. The Hall–Kier alpha value is -1.91. The number of thioether (sulfide) groups is 1. The summed E-state index contributed by atoms with van der Waals surface area (Å²) >= 11 is 13.0. The number of Topliss-reactive ketones (excluding diaryl/α,β-unsaturated/α-hetero) is 1. The Morgan fingerprint density at radius 1 is 1.03 bits per heavy atom. The third-order valence-corrected chi connectivity index (χ3v) is 8.51. The van der Waals surface area contributed by atoms with Gasteiger partial charge in [-0.1, -0.05) is 53.9 Å². The van der Waals surface area contributed by atoms with E-state index in [1.165, 1.54) is 6.07 Å². The second kappa shape index (κ2) is 10.6. The molecule has 0 radical (unpaired) electrons. The summed E-state index contributed by atoms with van der Waals surface area (Å²) < 4.78 is 33.4. The van der Waals surface area contributed by atoms with E-state index in [1.807, 2.05) is 0 Å².